The highest BCUT2D eigenvalue weighted by Gasteiger charge is 2.12. The van der Waals surface area contributed by atoms with Gasteiger partial charge in [-0.05, 0) is 32.4 Å². The minimum absolute atomic E-state index is 0.321. The molecule has 0 aromatic carbocycles. The predicted octanol–water partition coefficient (Wildman–Crippen LogP) is 2.65. The fourth-order valence-corrected chi connectivity index (χ4v) is 1.83. The van der Waals surface area contributed by atoms with Crippen LogP contribution in [0.1, 0.15) is 45.4 Å². The highest BCUT2D eigenvalue weighted by Crippen LogP contribution is 2.20. The van der Waals surface area contributed by atoms with Gasteiger partial charge in [0.15, 0.2) is 0 Å². The first-order valence-corrected chi connectivity index (χ1v) is 6.37. The van der Waals surface area contributed by atoms with Crippen molar-refractivity contribution in [2.45, 2.75) is 45.8 Å². The van der Waals surface area contributed by atoms with Crippen LogP contribution in [0.4, 0.5) is 5.69 Å². The Balaban J connectivity index is 2.84. The summed E-state index contributed by atoms with van der Waals surface area (Å²) >= 11 is 0. The summed E-state index contributed by atoms with van der Waals surface area (Å²) in [4.78, 5) is 6.42. The molecule has 0 aliphatic rings. The molecule has 1 aromatic heterocycles. The third kappa shape index (κ3) is 3.71. The van der Waals surface area contributed by atoms with E-state index in [1.165, 1.54) is 0 Å². The van der Waals surface area contributed by atoms with Gasteiger partial charge < -0.3 is 10.0 Å². The Labute approximate surface area is 109 Å². The molecule has 0 amide bonds. The van der Waals surface area contributed by atoms with Crippen molar-refractivity contribution < 1.29 is 5.11 Å². The van der Waals surface area contributed by atoms with Crippen LogP contribution in [0.2, 0.25) is 0 Å². The smallest absolute Gasteiger partial charge is 0.0957 e. The van der Waals surface area contributed by atoms with Crippen molar-refractivity contribution in [2.24, 2.45) is 0 Å². The van der Waals surface area contributed by atoms with E-state index in [0.29, 0.717) is 31.1 Å². The van der Waals surface area contributed by atoms with Crippen LogP contribution < -0.4 is 4.90 Å². The summed E-state index contributed by atoms with van der Waals surface area (Å²) in [6.07, 6.45) is 2.43. The summed E-state index contributed by atoms with van der Waals surface area (Å²) in [5.41, 5.74) is 1.69. The third-order valence-electron chi connectivity index (χ3n) is 2.92. The second-order valence-corrected chi connectivity index (χ2v) is 4.56. The minimum Gasteiger partial charge on any atom is -0.387 e. The summed E-state index contributed by atoms with van der Waals surface area (Å²) in [7, 11) is 0. The molecule has 0 unspecified atom stereocenters. The van der Waals surface area contributed by atoms with Gasteiger partial charge in [-0.1, -0.05) is 6.92 Å². The van der Waals surface area contributed by atoms with Gasteiger partial charge in [-0.15, -0.1) is 0 Å². The lowest BCUT2D eigenvalue weighted by atomic mass is 10.1. The van der Waals surface area contributed by atoms with Crippen LogP contribution >= 0.6 is 0 Å². The zero-order valence-electron chi connectivity index (χ0n) is 11.3. The van der Waals surface area contributed by atoms with Gasteiger partial charge in [0.05, 0.1) is 36.2 Å². The molecule has 1 aromatic rings. The SMILES string of the molecule is CC[C@@H](O)c1ccc(N(CCC#N)C(C)C)cn1. The molecule has 0 saturated carbocycles. The maximum atomic E-state index is 9.69. The van der Waals surface area contributed by atoms with Gasteiger partial charge in [-0.3, -0.25) is 4.98 Å². The van der Waals surface area contributed by atoms with Crippen molar-refractivity contribution in [3.8, 4) is 6.07 Å². The number of aliphatic hydroxyl groups is 1. The average molecular weight is 247 g/mol. The Morgan fingerprint density at radius 2 is 2.17 bits per heavy atom. The van der Waals surface area contributed by atoms with Gasteiger partial charge in [0, 0.05) is 12.6 Å². The number of aromatic nitrogens is 1. The van der Waals surface area contributed by atoms with E-state index < -0.39 is 6.10 Å². The van der Waals surface area contributed by atoms with Crippen LogP contribution in [-0.2, 0) is 0 Å². The number of rotatable bonds is 6. The third-order valence-corrected chi connectivity index (χ3v) is 2.92. The number of nitriles is 1. The second kappa shape index (κ2) is 6.97. The standard InChI is InChI=1S/C14H21N3O/c1-4-14(18)13-7-6-12(10-16-13)17(11(2)3)9-5-8-15/h6-7,10-11,14,18H,4-5,9H2,1-3H3/t14-/m1/s1. The molecule has 0 spiro atoms. The van der Waals surface area contributed by atoms with E-state index in [0.717, 1.165) is 5.69 Å². The van der Waals surface area contributed by atoms with E-state index in [1.54, 1.807) is 6.20 Å². The van der Waals surface area contributed by atoms with Gasteiger partial charge in [0.2, 0.25) is 0 Å². The quantitative estimate of drug-likeness (QED) is 0.839. The topological polar surface area (TPSA) is 60.1 Å². The molecule has 1 rings (SSSR count). The molecule has 0 bridgehead atoms. The predicted molar refractivity (Wildman–Crippen MR) is 72.2 cm³/mol. The summed E-state index contributed by atoms with van der Waals surface area (Å²) in [5.74, 6) is 0. The van der Waals surface area contributed by atoms with Crippen molar-refractivity contribution in [3.63, 3.8) is 0 Å². The molecule has 0 aliphatic carbocycles. The average Bonchev–Trinajstić information content (AvgIpc) is 2.38. The maximum absolute atomic E-state index is 9.69. The molecule has 0 saturated heterocycles. The van der Waals surface area contributed by atoms with Crippen molar-refractivity contribution in [3.05, 3.63) is 24.0 Å². The first-order chi connectivity index (χ1) is 8.60. The molecule has 0 fully saturated rings. The summed E-state index contributed by atoms with van der Waals surface area (Å²) in [5, 5.41) is 18.4. The fourth-order valence-electron chi connectivity index (χ4n) is 1.83. The molecule has 0 radical (unpaired) electrons. The molecule has 1 heterocycles. The monoisotopic (exact) mass is 247 g/mol. The second-order valence-electron chi connectivity index (χ2n) is 4.56. The van der Waals surface area contributed by atoms with Crippen molar-refractivity contribution >= 4 is 5.69 Å². The summed E-state index contributed by atoms with van der Waals surface area (Å²) < 4.78 is 0. The van der Waals surface area contributed by atoms with E-state index >= 15 is 0 Å². The van der Waals surface area contributed by atoms with Crippen LogP contribution in [-0.4, -0.2) is 22.7 Å². The first kappa shape index (κ1) is 14.5. The highest BCUT2D eigenvalue weighted by atomic mass is 16.3. The van der Waals surface area contributed by atoms with Gasteiger partial charge in [-0.25, -0.2) is 0 Å². The Bertz CT molecular complexity index is 394. The molecule has 98 valence electrons. The van der Waals surface area contributed by atoms with Gasteiger partial charge in [-0.2, -0.15) is 5.26 Å². The van der Waals surface area contributed by atoms with Gasteiger partial charge >= 0.3 is 0 Å². The summed E-state index contributed by atoms with van der Waals surface area (Å²) in [6.45, 7) is 6.80. The minimum atomic E-state index is -0.495. The molecule has 0 aliphatic heterocycles. The van der Waals surface area contributed by atoms with Crippen LogP contribution in [0.25, 0.3) is 0 Å². The lowest BCUT2D eigenvalue weighted by molar-refractivity contribution is 0.169. The lowest BCUT2D eigenvalue weighted by Crippen LogP contribution is -2.31. The van der Waals surface area contributed by atoms with Crippen molar-refractivity contribution in [1.82, 2.24) is 4.98 Å². The van der Waals surface area contributed by atoms with E-state index in [2.05, 4.69) is 29.8 Å². The van der Waals surface area contributed by atoms with Crippen molar-refractivity contribution in [1.29, 1.82) is 5.26 Å². The molecular formula is C14H21N3O. The molecular weight excluding hydrogens is 226 g/mol. The molecule has 18 heavy (non-hydrogen) atoms. The van der Waals surface area contributed by atoms with Gasteiger partial charge in [0.1, 0.15) is 0 Å². The van der Waals surface area contributed by atoms with Crippen LogP contribution in [0, 0.1) is 11.3 Å². The van der Waals surface area contributed by atoms with Crippen molar-refractivity contribution in [2.75, 3.05) is 11.4 Å². The lowest BCUT2D eigenvalue weighted by Gasteiger charge is -2.28. The number of hydrogen-bond donors (Lipinski definition) is 1. The Morgan fingerprint density at radius 1 is 1.44 bits per heavy atom. The normalized spacial score (nSPS) is 12.2. The van der Waals surface area contributed by atoms with Gasteiger partial charge in [0.25, 0.3) is 0 Å². The number of aliphatic hydroxyl groups excluding tert-OH is 1. The number of hydrogen-bond acceptors (Lipinski definition) is 4. The van der Waals surface area contributed by atoms with E-state index in [4.69, 9.17) is 5.26 Å². The maximum Gasteiger partial charge on any atom is 0.0957 e. The first-order valence-electron chi connectivity index (χ1n) is 6.37. The van der Waals surface area contributed by atoms with E-state index in [1.807, 2.05) is 19.1 Å². The Morgan fingerprint density at radius 3 is 2.61 bits per heavy atom. The summed E-state index contributed by atoms with van der Waals surface area (Å²) in [6, 6.07) is 6.29. The molecule has 1 N–H and O–H groups in total. The molecule has 4 heteroatoms. The molecule has 1 atom stereocenters. The molecule has 4 nitrogen and oxygen atoms in total. The largest absolute Gasteiger partial charge is 0.387 e. The zero-order chi connectivity index (χ0) is 13.5. The number of nitrogens with zero attached hydrogens (tertiary/aromatic N) is 3. The van der Waals surface area contributed by atoms with E-state index in [9.17, 15) is 5.11 Å². The number of anilines is 1. The van der Waals surface area contributed by atoms with Crippen LogP contribution in [0.3, 0.4) is 0 Å². The van der Waals surface area contributed by atoms with Crippen LogP contribution in [0.5, 0.6) is 0 Å². The Kier molecular flexibility index (Phi) is 5.60. The number of pyridine rings is 1. The van der Waals surface area contributed by atoms with E-state index in [-0.39, 0.29) is 0 Å². The van der Waals surface area contributed by atoms with Crippen LogP contribution in [0.15, 0.2) is 18.3 Å². The Hall–Kier alpha value is -1.60. The zero-order valence-corrected chi connectivity index (χ0v) is 11.3. The fraction of sp³-hybridized carbons (Fsp3) is 0.571. The highest BCUT2D eigenvalue weighted by molar-refractivity contribution is 5.45.